The summed E-state index contributed by atoms with van der Waals surface area (Å²) in [7, 11) is 0. The lowest BCUT2D eigenvalue weighted by molar-refractivity contribution is 0.668. The molecule has 5 heteroatoms. The molecule has 5 nitrogen and oxygen atoms in total. The van der Waals surface area contributed by atoms with Crippen molar-refractivity contribution in [3.05, 3.63) is 176 Å². The number of hydrogen-bond acceptors (Lipinski definition) is 5. The standard InChI is InChI=1S/C46H29N3O2/c1-2-9-30(10-3-1)35-11-4-6-15-41(35)49(33-21-17-31(18-22-33)36-13-8-14-39-38-25-27-47-29-43(38)51-45(36)39)34-23-19-32(20-24-34)37-26-28-48-44-40-12-5-7-16-42(40)50-46(37)44/h1-29H. The van der Waals surface area contributed by atoms with Crippen LogP contribution in [0.25, 0.3) is 77.4 Å². The van der Waals surface area contributed by atoms with E-state index < -0.39 is 0 Å². The normalized spacial score (nSPS) is 11.5. The Morgan fingerprint density at radius 3 is 1.84 bits per heavy atom. The Balaban J connectivity index is 1.10. The molecule has 4 heterocycles. The van der Waals surface area contributed by atoms with Gasteiger partial charge in [0.15, 0.2) is 11.2 Å². The van der Waals surface area contributed by atoms with Gasteiger partial charge in [-0.3, -0.25) is 9.97 Å². The minimum Gasteiger partial charge on any atom is -0.454 e. The fourth-order valence-corrected chi connectivity index (χ4v) is 7.25. The Morgan fingerprint density at radius 2 is 1.04 bits per heavy atom. The number of benzene rings is 6. The molecule has 0 amide bonds. The van der Waals surface area contributed by atoms with Crippen LogP contribution in [-0.4, -0.2) is 9.97 Å². The van der Waals surface area contributed by atoms with E-state index in [-0.39, 0.29) is 0 Å². The third kappa shape index (κ3) is 4.86. The van der Waals surface area contributed by atoms with Gasteiger partial charge in [-0.25, -0.2) is 0 Å². The van der Waals surface area contributed by atoms with Crippen molar-refractivity contribution in [3.63, 3.8) is 0 Å². The molecule has 0 saturated heterocycles. The molecule has 0 aliphatic rings. The Labute approximate surface area is 293 Å². The van der Waals surface area contributed by atoms with Crippen LogP contribution in [-0.2, 0) is 0 Å². The number of furan rings is 2. The maximum absolute atomic E-state index is 6.33. The molecule has 51 heavy (non-hydrogen) atoms. The third-order valence-corrected chi connectivity index (χ3v) is 9.66. The minimum atomic E-state index is 0.788. The second kappa shape index (κ2) is 11.9. The van der Waals surface area contributed by atoms with E-state index in [1.54, 1.807) is 6.20 Å². The van der Waals surface area contributed by atoms with Gasteiger partial charge in [-0.15, -0.1) is 0 Å². The van der Waals surface area contributed by atoms with Crippen molar-refractivity contribution in [3.8, 4) is 33.4 Å². The van der Waals surface area contributed by atoms with Gasteiger partial charge in [-0.1, -0.05) is 103 Å². The Hall–Kier alpha value is -6.98. The van der Waals surface area contributed by atoms with Gasteiger partial charge in [0.2, 0.25) is 0 Å². The van der Waals surface area contributed by atoms with Gasteiger partial charge >= 0.3 is 0 Å². The van der Waals surface area contributed by atoms with Crippen molar-refractivity contribution < 1.29 is 8.83 Å². The molecule has 0 radical (unpaired) electrons. The van der Waals surface area contributed by atoms with Crippen molar-refractivity contribution in [2.24, 2.45) is 0 Å². The highest BCUT2D eigenvalue weighted by Crippen LogP contribution is 2.43. The highest BCUT2D eigenvalue weighted by molar-refractivity contribution is 6.09. The molecule has 0 fully saturated rings. The van der Waals surface area contributed by atoms with E-state index >= 15 is 0 Å². The van der Waals surface area contributed by atoms with Crippen molar-refractivity contribution in [1.29, 1.82) is 0 Å². The van der Waals surface area contributed by atoms with Crippen LogP contribution in [0.15, 0.2) is 185 Å². The van der Waals surface area contributed by atoms with Gasteiger partial charge in [0.25, 0.3) is 0 Å². The molecule has 10 rings (SSSR count). The number of pyridine rings is 2. The number of anilines is 3. The van der Waals surface area contributed by atoms with E-state index in [1.807, 2.05) is 42.7 Å². The maximum atomic E-state index is 6.33. The predicted octanol–water partition coefficient (Wildman–Crippen LogP) is 12.7. The smallest absolute Gasteiger partial charge is 0.161 e. The van der Waals surface area contributed by atoms with Gasteiger partial charge in [-0.05, 0) is 71.3 Å². The first-order chi connectivity index (χ1) is 25.3. The maximum Gasteiger partial charge on any atom is 0.161 e. The van der Waals surface area contributed by atoms with Crippen LogP contribution >= 0.6 is 0 Å². The molecule has 0 spiro atoms. The number of hydrogen-bond donors (Lipinski definition) is 0. The van der Waals surface area contributed by atoms with Crippen LogP contribution in [0.1, 0.15) is 0 Å². The van der Waals surface area contributed by atoms with Crippen LogP contribution in [0.4, 0.5) is 17.1 Å². The lowest BCUT2D eigenvalue weighted by atomic mass is 9.99. The molecule has 10 aromatic rings. The summed E-state index contributed by atoms with van der Waals surface area (Å²) < 4.78 is 12.7. The second-order valence-corrected chi connectivity index (χ2v) is 12.6. The molecule has 0 saturated carbocycles. The SMILES string of the molecule is c1ccc(-c2ccccc2N(c2ccc(-c3cccc4c3oc3cnccc34)cc2)c2ccc(-c3ccnc4c3oc3ccccc34)cc2)cc1. The van der Waals surface area contributed by atoms with E-state index in [2.05, 4.69) is 142 Å². The first kappa shape index (κ1) is 29.0. The lowest BCUT2D eigenvalue weighted by Crippen LogP contribution is -2.11. The van der Waals surface area contributed by atoms with Crippen LogP contribution in [0.2, 0.25) is 0 Å². The topological polar surface area (TPSA) is 55.3 Å². The van der Waals surface area contributed by atoms with Crippen molar-refractivity contribution in [1.82, 2.24) is 9.97 Å². The summed E-state index contributed by atoms with van der Waals surface area (Å²) in [6.07, 6.45) is 5.45. The number of aromatic nitrogens is 2. The molecule has 240 valence electrons. The van der Waals surface area contributed by atoms with Crippen molar-refractivity contribution in [2.75, 3.05) is 4.90 Å². The third-order valence-electron chi connectivity index (χ3n) is 9.66. The van der Waals surface area contributed by atoms with Gasteiger partial charge in [0.05, 0.1) is 11.9 Å². The average molecular weight is 656 g/mol. The van der Waals surface area contributed by atoms with E-state index in [4.69, 9.17) is 8.83 Å². The first-order valence-electron chi connectivity index (χ1n) is 17.0. The molecule has 0 aliphatic heterocycles. The summed E-state index contributed by atoms with van der Waals surface area (Å²) in [5, 5.41) is 3.17. The van der Waals surface area contributed by atoms with Gasteiger partial charge < -0.3 is 13.7 Å². The number of para-hydroxylation sites is 3. The minimum absolute atomic E-state index is 0.788. The Kier molecular flexibility index (Phi) is 6.74. The first-order valence-corrected chi connectivity index (χ1v) is 17.0. The highest BCUT2D eigenvalue weighted by Gasteiger charge is 2.19. The van der Waals surface area contributed by atoms with E-state index in [9.17, 15) is 0 Å². The molecule has 4 aromatic heterocycles. The van der Waals surface area contributed by atoms with E-state index in [0.29, 0.717) is 0 Å². The van der Waals surface area contributed by atoms with E-state index in [1.165, 1.54) is 0 Å². The Bertz CT molecular complexity index is 2700. The summed E-state index contributed by atoms with van der Waals surface area (Å²) in [5.74, 6) is 0. The summed E-state index contributed by atoms with van der Waals surface area (Å²) in [5.41, 5.74) is 13.8. The number of fused-ring (bicyclic) bond motifs is 6. The van der Waals surface area contributed by atoms with Crippen molar-refractivity contribution >= 4 is 61.1 Å². The number of rotatable bonds is 6. The fourth-order valence-electron chi connectivity index (χ4n) is 7.25. The van der Waals surface area contributed by atoms with E-state index in [0.717, 1.165) is 94.5 Å². The zero-order valence-corrected chi connectivity index (χ0v) is 27.4. The summed E-state index contributed by atoms with van der Waals surface area (Å²) >= 11 is 0. The van der Waals surface area contributed by atoms with Crippen LogP contribution in [0.5, 0.6) is 0 Å². The van der Waals surface area contributed by atoms with Gasteiger partial charge in [-0.2, -0.15) is 0 Å². The zero-order chi connectivity index (χ0) is 33.7. The molecule has 6 aromatic carbocycles. The summed E-state index contributed by atoms with van der Waals surface area (Å²) in [4.78, 5) is 11.3. The molecule has 0 aliphatic carbocycles. The summed E-state index contributed by atoms with van der Waals surface area (Å²) in [6.45, 7) is 0. The molecule has 0 unspecified atom stereocenters. The van der Waals surface area contributed by atoms with Crippen molar-refractivity contribution in [2.45, 2.75) is 0 Å². The van der Waals surface area contributed by atoms with Gasteiger partial charge in [0.1, 0.15) is 16.7 Å². The zero-order valence-electron chi connectivity index (χ0n) is 27.4. The molecular formula is C46H29N3O2. The average Bonchev–Trinajstić information content (AvgIpc) is 3.78. The Morgan fingerprint density at radius 1 is 0.412 bits per heavy atom. The molecule has 0 N–H and O–H groups in total. The number of nitrogens with zero attached hydrogens (tertiary/aromatic N) is 3. The second-order valence-electron chi connectivity index (χ2n) is 12.6. The van der Waals surface area contributed by atoms with Crippen LogP contribution in [0.3, 0.4) is 0 Å². The molecule has 0 bridgehead atoms. The predicted molar refractivity (Wildman–Crippen MR) is 208 cm³/mol. The molecular weight excluding hydrogens is 627 g/mol. The van der Waals surface area contributed by atoms with Crippen LogP contribution < -0.4 is 4.90 Å². The largest absolute Gasteiger partial charge is 0.454 e. The highest BCUT2D eigenvalue weighted by atomic mass is 16.3. The monoisotopic (exact) mass is 655 g/mol. The quantitative estimate of drug-likeness (QED) is 0.178. The lowest BCUT2D eigenvalue weighted by Gasteiger charge is -2.28. The van der Waals surface area contributed by atoms with Gasteiger partial charge in [0, 0.05) is 56.6 Å². The summed E-state index contributed by atoms with van der Waals surface area (Å²) in [6, 6.07) is 55.0. The fraction of sp³-hybridized carbons (Fsp3) is 0. The van der Waals surface area contributed by atoms with Crippen LogP contribution in [0, 0.1) is 0 Å². The molecule has 0 atom stereocenters.